The Balaban J connectivity index is 1.37. The van der Waals surface area contributed by atoms with E-state index in [1.54, 1.807) is 35.1 Å². The van der Waals surface area contributed by atoms with Crippen LogP contribution in [0.2, 0.25) is 0 Å². The van der Waals surface area contributed by atoms with Crippen molar-refractivity contribution in [2.24, 2.45) is 0 Å². The topological polar surface area (TPSA) is 119 Å². The van der Waals surface area contributed by atoms with Crippen molar-refractivity contribution in [3.8, 4) is 17.0 Å². The summed E-state index contributed by atoms with van der Waals surface area (Å²) in [5.41, 5.74) is 4.87. The van der Waals surface area contributed by atoms with Gasteiger partial charge in [-0.3, -0.25) is 14.9 Å². The molecule has 0 bridgehead atoms. The Morgan fingerprint density at radius 2 is 1.68 bits per heavy atom. The quantitative estimate of drug-likeness (QED) is 0.201. The number of carbonyl (C=O) groups excluding carboxylic acids is 1. The number of furan rings is 1. The van der Waals surface area contributed by atoms with Crippen molar-refractivity contribution in [2.45, 2.75) is 20.8 Å². The number of hydrogen-bond acceptors (Lipinski definition) is 7. The predicted molar refractivity (Wildman–Crippen MR) is 146 cm³/mol. The molecule has 1 amide bonds. The maximum absolute atomic E-state index is 12.9. The molecule has 2 heterocycles. The van der Waals surface area contributed by atoms with Gasteiger partial charge in [0.1, 0.15) is 16.8 Å². The van der Waals surface area contributed by atoms with Gasteiger partial charge >= 0.3 is 0 Å². The fourth-order valence-corrected chi connectivity index (χ4v) is 4.33. The number of amides is 1. The Hall–Kier alpha value is -4.99. The first-order chi connectivity index (χ1) is 18.4. The zero-order chi connectivity index (χ0) is 26.8. The number of nitro groups is 1. The van der Waals surface area contributed by atoms with Crippen LogP contribution in [0.15, 0.2) is 77.2 Å². The Labute approximate surface area is 218 Å². The highest BCUT2D eigenvalue weighted by atomic mass is 16.6. The van der Waals surface area contributed by atoms with E-state index < -0.39 is 10.8 Å². The standard InChI is InChI=1S/C28H26N6O4/c1-4-32(5-2)19-10-12-20(13-11-19)33-30-23-16-18(3)22(17-24(23)31-33)29-28(35)27-15-14-26(38-27)21-8-6-7-9-25(21)34(36)37/h6-17H,4-5H2,1-3H3,(H,29,35). The first-order valence-corrected chi connectivity index (χ1v) is 12.3. The van der Waals surface area contributed by atoms with Gasteiger partial charge in [0, 0.05) is 30.5 Å². The van der Waals surface area contributed by atoms with Crippen molar-refractivity contribution in [3.63, 3.8) is 0 Å². The van der Waals surface area contributed by atoms with Crippen molar-refractivity contribution in [2.75, 3.05) is 23.3 Å². The minimum atomic E-state index is -0.483. The summed E-state index contributed by atoms with van der Waals surface area (Å²) >= 11 is 0. The van der Waals surface area contributed by atoms with Crippen molar-refractivity contribution in [1.82, 2.24) is 15.0 Å². The molecule has 0 aliphatic heterocycles. The molecule has 0 saturated heterocycles. The highest BCUT2D eigenvalue weighted by Gasteiger charge is 2.20. The first kappa shape index (κ1) is 24.7. The summed E-state index contributed by atoms with van der Waals surface area (Å²) in [4.78, 5) is 27.7. The number of nitrogens with one attached hydrogen (secondary N) is 1. The van der Waals surface area contributed by atoms with Crippen LogP contribution in [-0.2, 0) is 0 Å². The Kier molecular flexibility index (Phi) is 6.61. The maximum atomic E-state index is 12.9. The van der Waals surface area contributed by atoms with E-state index >= 15 is 0 Å². The van der Waals surface area contributed by atoms with Crippen molar-refractivity contribution >= 4 is 34.0 Å². The van der Waals surface area contributed by atoms with Crippen LogP contribution in [0, 0.1) is 17.0 Å². The van der Waals surface area contributed by atoms with Gasteiger partial charge in [-0.05, 0) is 80.9 Å². The first-order valence-electron chi connectivity index (χ1n) is 12.3. The van der Waals surface area contributed by atoms with E-state index in [9.17, 15) is 14.9 Å². The van der Waals surface area contributed by atoms with Gasteiger partial charge < -0.3 is 14.6 Å². The number of nitrogens with zero attached hydrogens (tertiary/aromatic N) is 5. The number of nitro benzene ring substituents is 1. The molecule has 5 rings (SSSR count). The largest absolute Gasteiger partial charge is 0.451 e. The molecule has 2 aromatic heterocycles. The Bertz CT molecular complexity index is 1630. The number of rotatable bonds is 8. The van der Waals surface area contributed by atoms with Crippen LogP contribution < -0.4 is 10.2 Å². The Morgan fingerprint density at radius 3 is 2.37 bits per heavy atom. The second-order valence-electron chi connectivity index (χ2n) is 8.73. The van der Waals surface area contributed by atoms with Crippen LogP contribution in [0.4, 0.5) is 17.1 Å². The number of para-hydroxylation sites is 1. The van der Waals surface area contributed by atoms with Crippen LogP contribution in [0.25, 0.3) is 28.0 Å². The van der Waals surface area contributed by atoms with Crippen LogP contribution >= 0.6 is 0 Å². The van der Waals surface area contributed by atoms with E-state index in [1.807, 2.05) is 25.1 Å². The number of fused-ring (bicyclic) bond motifs is 1. The molecule has 3 aromatic carbocycles. The van der Waals surface area contributed by atoms with E-state index in [-0.39, 0.29) is 17.2 Å². The number of benzene rings is 3. The predicted octanol–water partition coefficient (Wildman–Crippen LogP) is 6.00. The molecule has 192 valence electrons. The van der Waals surface area contributed by atoms with Crippen LogP contribution in [0.1, 0.15) is 30.0 Å². The Morgan fingerprint density at radius 1 is 1.00 bits per heavy atom. The van der Waals surface area contributed by atoms with Crippen molar-refractivity contribution < 1.29 is 14.1 Å². The lowest BCUT2D eigenvalue weighted by molar-refractivity contribution is -0.384. The molecule has 0 radical (unpaired) electrons. The lowest BCUT2D eigenvalue weighted by Crippen LogP contribution is -2.21. The number of aromatic nitrogens is 3. The number of anilines is 2. The summed E-state index contributed by atoms with van der Waals surface area (Å²) < 4.78 is 5.67. The molecule has 0 unspecified atom stereocenters. The third-order valence-electron chi connectivity index (χ3n) is 6.38. The average molecular weight is 511 g/mol. The molecule has 38 heavy (non-hydrogen) atoms. The third-order valence-corrected chi connectivity index (χ3v) is 6.38. The van der Waals surface area contributed by atoms with Gasteiger partial charge in [0.2, 0.25) is 0 Å². The summed E-state index contributed by atoms with van der Waals surface area (Å²) in [7, 11) is 0. The van der Waals surface area contributed by atoms with E-state index in [4.69, 9.17) is 4.42 Å². The van der Waals surface area contributed by atoms with E-state index in [2.05, 4.69) is 46.4 Å². The smallest absolute Gasteiger partial charge is 0.291 e. The van der Waals surface area contributed by atoms with Crippen molar-refractivity contribution in [3.05, 3.63) is 94.2 Å². The molecule has 0 aliphatic rings. The average Bonchev–Trinajstić information content (AvgIpc) is 3.58. The van der Waals surface area contributed by atoms with E-state index in [1.165, 1.54) is 12.1 Å². The molecule has 0 saturated carbocycles. The van der Waals surface area contributed by atoms with Gasteiger partial charge in [-0.25, -0.2) is 0 Å². The number of carbonyl (C=O) groups is 1. The lowest BCUT2D eigenvalue weighted by Gasteiger charge is -2.20. The monoisotopic (exact) mass is 510 g/mol. The summed E-state index contributed by atoms with van der Waals surface area (Å²) in [6, 6.07) is 21.0. The van der Waals surface area contributed by atoms with Gasteiger partial charge in [0.15, 0.2) is 5.76 Å². The molecule has 0 aliphatic carbocycles. The third kappa shape index (κ3) is 4.71. The van der Waals surface area contributed by atoms with E-state index in [0.717, 1.165) is 30.0 Å². The second kappa shape index (κ2) is 10.2. The van der Waals surface area contributed by atoms with Gasteiger partial charge in [0.05, 0.1) is 16.2 Å². The minimum absolute atomic E-state index is 0.0367. The zero-order valence-corrected chi connectivity index (χ0v) is 21.2. The van der Waals surface area contributed by atoms with Gasteiger partial charge in [0.25, 0.3) is 11.6 Å². The fraction of sp³-hybridized carbons (Fsp3) is 0.179. The van der Waals surface area contributed by atoms with Crippen LogP contribution in [-0.4, -0.2) is 38.9 Å². The molecule has 5 aromatic rings. The normalized spacial score (nSPS) is 11.0. The maximum Gasteiger partial charge on any atom is 0.291 e. The molecule has 0 spiro atoms. The molecule has 0 atom stereocenters. The van der Waals surface area contributed by atoms with E-state index in [0.29, 0.717) is 22.3 Å². The molecular formula is C28H26N6O4. The SMILES string of the molecule is CCN(CC)c1ccc(-n2nc3cc(C)c(NC(=O)c4ccc(-c5ccccc5[N+](=O)[O-])o4)cc3n2)cc1. The molecule has 0 fully saturated rings. The minimum Gasteiger partial charge on any atom is -0.451 e. The van der Waals surface area contributed by atoms with Crippen LogP contribution in [0.5, 0.6) is 0 Å². The summed E-state index contributed by atoms with van der Waals surface area (Å²) in [5.74, 6) is -0.198. The van der Waals surface area contributed by atoms with Crippen molar-refractivity contribution in [1.29, 1.82) is 0 Å². The summed E-state index contributed by atoms with van der Waals surface area (Å²) in [6.45, 7) is 7.97. The molecule has 10 nitrogen and oxygen atoms in total. The molecule has 1 N–H and O–H groups in total. The number of aryl methyl sites for hydroxylation is 1. The summed E-state index contributed by atoms with van der Waals surface area (Å²) in [5, 5.41) is 23.4. The van der Waals surface area contributed by atoms with Crippen LogP contribution in [0.3, 0.4) is 0 Å². The van der Waals surface area contributed by atoms with Gasteiger partial charge in [-0.15, -0.1) is 10.2 Å². The summed E-state index contributed by atoms with van der Waals surface area (Å²) in [6.07, 6.45) is 0. The fourth-order valence-electron chi connectivity index (χ4n) is 4.33. The lowest BCUT2D eigenvalue weighted by atomic mass is 10.1. The second-order valence-corrected chi connectivity index (χ2v) is 8.73. The zero-order valence-electron chi connectivity index (χ0n) is 21.2. The number of hydrogen-bond donors (Lipinski definition) is 1. The highest BCUT2D eigenvalue weighted by Crippen LogP contribution is 2.31. The van der Waals surface area contributed by atoms with Gasteiger partial charge in [-0.2, -0.15) is 4.80 Å². The molecule has 10 heteroatoms. The highest BCUT2D eigenvalue weighted by molar-refractivity contribution is 6.04. The van der Waals surface area contributed by atoms with Gasteiger partial charge in [-0.1, -0.05) is 12.1 Å². The molecular weight excluding hydrogens is 484 g/mol.